The highest BCUT2D eigenvalue weighted by Gasteiger charge is 2.15. The average molecular weight is 326 g/mol. The number of rotatable bonds is 4. The van der Waals surface area contributed by atoms with E-state index in [1.165, 1.54) is 0 Å². The largest absolute Gasteiger partial charge is 0.482 e. The van der Waals surface area contributed by atoms with Crippen LogP contribution in [-0.2, 0) is 6.61 Å². The highest BCUT2D eigenvalue weighted by Crippen LogP contribution is 2.28. The number of nitrogens with zero attached hydrogens (tertiary/aromatic N) is 1. The Morgan fingerprint density at radius 3 is 2.74 bits per heavy atom. The lowest BCUT2D eigenvalue weighted by molar-refractivity contribution is -0.386. The van der Waals surface area contributed by atoms with E-state index in [0.717, 1.165) is 28.2 Å². The Morgan fingerprint density at radius 1 is 1.26 bits per heavy atom. The first-order chi connectivity index (χ1) is 9.06. The molecular weight excluding hydrogens is 317 g/mol. The van der Waals surface area contributed by atoms with Gasteiger partial charge in [0.15, 0.2) is 5.75 Å². The first-order valence-corrected chi connectivity index (χ1v) is 6.17. The topological polar surface area (TPSA) is 52.4 Å². The average Bonchev–Trinajstić information content (AvgIpc) is 2.36. The minimum Gasteiger partial charge on any atom is -0.482 e. The summed E-state index contributed by atoms with van der Waals surface area (Å²) in [5.74, 6) is -0.653. The molecular formula is C13H9BrFNO3. The van der Waals surface area contributed by atoms with Crippen molar-refractivity contribution in [1.82, 2.24) is 0 Å². The lowest BCUT2D eigenvalue weighted by atomic mass is 10.2. The molecule has 0 N–H and O–H groups in total. The highest BCUT2D eigenvalue weighted by molar-refractivity contribution is 9.10. The van der Waals surface area contributed by atoms with Crippen LogP contribution in [-0.4, -0.2) is 4.92 Å². The molecule has 0 spiro atoms. The summed E-state index contributed by atoms with van der Waals surface area (Å²) in [6.45, 7) is 0.129. The van der Waals surface area contributed by atoms with Gasteiger partial charge in [-0.3, -0.25) is 10.1 Å². The van der Waals surface area contributed by atoms with Gasteiger partial charge in [-0.2, -0.15) is 0 Å². The number of halogens is 2. The van der Waals surface area contributed by atoms with Crippen molar-refractivity contribution in [2.75, 3.05) is 0 Å². The van der Waals surface area contributed by atoms with Crippen molar-refractivity contribution in [3.05, 3.63) is 68.4 Å². The van der Waals surface area contributed by atoms with Crippen molar-refractivity contribution in [3.63, 3.8) is 0 Å². The minimum atomic E-state index is -0.602. The predicted molar refractivity (Wildman–Crippen MR) is 71.5 cm³/mol. The van der Waals surface area contributed by atoms with Crippen LogP contribution in [0.25, 0.3) is 0 Å². The van der Waals surface area contributed by atoms with Crippen molar-refractivity contribution < 1.29 is 14.1 Å². The lowest BCUT2D eigenvalue weighted by Crippen LogP contribution is -1.99. The van der Waals surface area contributed by atoms with Gasteiger partial charge in [-0.15, -0.1) is 0 Å². The third-order valence-electron chi connectivity index (χ3n) is 2.40. The van der Waals surface area contributed by atoms with E-state index in [1.54, 1.807) is 0 Å². The summed E-state index contributed by atoms with van der Waals surface area (Å²) < 4.78 is 19.3. The SMILES string of the molecule is O=[N+]([O-])c1ccc(F)cc1OCc1cccc(Br)c1. The Kier molecular flexibility index (Phi) is 4.11. The second-order valence-electron chi connectivity index (χ2n) is 3.79. The van der Waals surface area contributed by atoms with Crippen LogP contribution in [0.1, 0.15) is 5.56 Å². The summed E-state index contributed by atoms with van der Waals surface area (Å²) in [6.07, 6.45) is 0. The summed E-state index contributed by atoms with van der Waals surface area (Å²) in [5, 5.41) is 10.8. The molecule has 6 heteroatoms. The maximum atomic E-state index is 13.1. The van der Waals surface area contributed by atoms with E-state index >= 15 is 0 Å². The van der Waals surface area contributed by atoms with E-state index in [1.807, 2.05) is 24.3 Å². The van der Waals surface area contributed by atoms with Gasteiger partial charge in [-0.05, 0) is 23.8 Å². The zero-order valence-corrected chi connectivity index (χ0v) is 11.3. The van der Waals surface area contributed by atoms with Gasteiger partial charge in [0, 0.05) is 16.6 Å². The Morgan fingerprint density at radius 2 is 2.05 bits per heavy atom. The van der Waals surface area contributed by atoms with Crippen LogP contribution < -0.4 is 4.74 Å². The van der Waals surface area contributed by atoms with Gasteiger partial charge < -0.3 is 4.74 Å². The molecule has 98 valence electrons. The van der Waals surface area contributed by atoms with Crippen LogP contribution in [0, 0.1) is 15.9 Å². The zero-order valence-electron chi connectivity index (χ0n) is 9.68. The quantitative estimate of drug-likeness (QED) is 0.628. The Hall–Kier alpha value is -1.95. The van der Waals surface area contributed by atoms with Gasteiger partial charge in [0.2, 0.25) is 0 Å². The van der Waals surface area contributed by atoms with E-state index in [-0.39, 0.29) is 18.0 Å². The number of hydrogen-bond donors (Lipinski definition) is 0. The molecule has 0 atom stereocenters. The number of hydrogen-bond acceptors (Lipinski definition) is 3. The van der Waals surface area contributed by atoms with Crippen LogP contribution in [0.15, 0.2) is 46.9 Å². The number of nitro groups is 1. The van der Waals surface area contributed by atoms with Crippen LogP contribution in [0.4, 0.5) is 10.1 Å². The second kappa shape index (κ2) is 5.79. The van der Waals surface area contributed by atoms with Crippen LogP contribution in [0.2, 0.25) is 0 Å². The summed E-state index contributed by atoms with van der Waals surface area (Å²) in [6, 6.07) is 10.4. The summed E-state index contributed by atoms with van der Waals surface area (Å²) in [7, 11) is 0. The molecule has 4 nitrogen and oxygen atoms in total. The maximum Gasteiger partial charge on any atom is 0.311 e. The van der Waals surface area contributed by atoms with Gasteiger partial charge in [-0.25, -0.2) is 4.39 Å². The molecule has 0 saturated carbocycles. The normalized spacial score (nSPS) is 10.2. The molecule has 0 amide bonds. The summed E-state index contributed by atoms with van der Waals surface area (Å²) in [4.78, 5) is 10.2. The zero-order chi connectivity index (χ0) is 13.8. The highest BCUT2D eigenvalue weighted by atomic mass is 79.9. The van der Waals surface area contributed by atoms with Crippen LogP contribution in [0.5, 0.6) is 5.75 Å². The molecule has 19 heavy (non-hydrogen) atoms. The molecule has 0 unspecified atom stereocenters. The predicted octanol–water partition coefficient (Wildman–Crippen LogP) is 4.08. The van der Waals surface area contributed by atoms with Crippen molar-refractivity contribution in [3.8, 4) is 5.75 Å². The van der Waals surface area contributed by atoms with E-state index in [0.29, 0.717) is 0 Å². The molecule has 2 aromatic rings. The molecule has 0 bridgehead atoms. The molecule has 0 heterocycles. The fourth-order valence-corrected chi connectivity index (χ4v) is 1.99. The smallest absolute Gasteiger partial charge is 0.311 e. The van der Waals surface area contributed by atoms with E-state index in [9.17, 15) is 14.5 Å². The van der Waals surface area contributed by atoms with Crippen molar-refractivity contribution >= 4 is 21.6 Å². The monoisotopic (exact) mass is 325 g/mol. The van der Waals surface area contributed by atoms with Crippen molar-refractivity contribution in [2.24, 2.45) is 0 Å². The van der Waals surface area contributed by atoms with Gasteiger partial charge >= 0.3 is 5.69 Å². The summed E-state index contributed by atoms with van der Waals surface area (Å²) >= 11 is 3.31. The molecule has 0 aromatic heterocycles. The first-order valence-electron chi connectivity index (χ1n) is 5.37. The van der Waals surface area contributed by atoms with E-state index in [4.69, 9.17) is 4.74 Å². The molecule has 0 aliphatic carbocycles. The maximum absolute atomic E-state index is 13.1. The van der Waals surface area contributed by atoms with Gasteiger partial charge in [-0.1, -0.05) is 28.1 Å². The van der Waals surface area contributed by atoms with Gasteiger partial charge in [0.25, 0.3) is 0 Å². The lowest BCUT2D eigenvalue weighted by Gasteiger charge is -2.07. The Labute approximate surface area is 117 Å². The van der Waals surface area contributed by atoms with Crippen molar-refractivity contribution in [2.45, 2.75) is 6.61 Å². The molecule has 0 radical (unpaired) electrons. The molecule has 0 saturated heterocycles. The van der Waals surface area contributed by atoms with Gasteiger partial charge in [0.05, 0.1) is 4.92 Å². The van der Waals surface area contributed by atoms with Gasteiger partial charge in [0.1, 0.15) is 12.4 Å². The minimum absolute atomic E-state index is 0.0787. The molecule has 2 rings (SSSR count). The van der Waals surface area contributed by atoms with E-state index in [2.05, 4.69) is 15.9 Å². The third kappa shape index (κ3) is 3.51. The molecule has 0 fully saturated rings. The number of nitro benzene ring substituents is 1. The second-order valence-corrected chi connectivity index (χ2v) is 4.70. The third-order valence-corrected chi connectivity index (χ3v) is 2.90. The first kappa shape index (κ1) is 13.5. The van der Waals surface area contributed by atoms with E-state index < -0.39 is 10.7 Å². The fraction of sp³-hybridized carbons (Fsp3) is 0.0769. The van der Waals surface area contributed by atoms with Crippen molar-refractivity contribution in [1.29, 1.82) is 0 Å². The van der Waals surface area contributed by atoms with Crippen LogP contribution in [0.3, 0.4) is 0 Å². The number of benzene rings is 2. The fourth-order valence-electron chi connectivity index (χ4n) is 1.54. The summed E-state index contributed by atoms with van der Waals surface area (Å²) in [5.41, 5.74) is 0.573. The molecule has 2 aromatic carbocycles. The molecule has 0 aliphatic rings. The molecule has 0 aliphatic heterocycles. The Bertz CT molecular complexity index is 619. The standard InChI is InChI=1S/C13H9BrFNO3/c14-10-3-1-2-9(6-10)8-19-13-7-11(15)4-5-12(13)16(17)18/h1-7H,8H2. The Balaban J connectivity index is 2.19. The number of ether oxygens (including phenoxy) is 1. The van der Waals surface area contributed by atoms with Crippen LogP contribution >= 0.6 is 15.9 Å².